The molecule has 0 spiro atoms. The van der Waals surface area contributed by atoms with Crippen LogP contribution >= 0.6 is 0 Å². The maximum atomic E-state index is 5.37. The highest BCUT2D eigenvalue weighted by Gasteiger charge is 2.27. The molecule has 1 unspecified atom stereocenters. The Hall–Kier alpha value is -5.35. The summed E-state index contributed by atoms with van der Waals surface area (Å²) < 4.78 is 0. The summed E-state index contributed by atoms with van der Waals surface area (Å²) in [4.78, 5) is 13.1. The zero-order valence-corrected chi connectivity index (χ0v) is 29.0. The van der Waals surface area contributed by atoms with Gasteiger partial charge in [-0.1, -0.05) is 6.07 Å². The van der Waals surface area contributed by atoms with Crippen molar-refractivity contribution in [1.82, 2.24) is 15.3 Å². The van der Waals surface area contributed by atoms with Crippen molar-refractivity contribution in [3.63, 3.8) is 0 Å². The summed E-state index contributed by atoms with van der Waals surface area (Å²) in [5, 5.41) is 11.1. The Labute approximate surface area is 281 Å². The molecule has 0 saturated heterocycles. The monoisotopic (exact) mass is 624 g/mol. The fraction of sp³-hybridized carbons (Fsp3) is 0.205. The van der Waals surface area contributed by atoms with Crippen LogP contribution in [-0.2, 0) is 0 Å². The van der Waals surface area contributed by atoms with E-state index in [0.29, 0.717) is 0 Å². The maximum absolute atomic E-state index is 5.37. The van der Waals surface area contributed by atoms with E-state index >= 15 is 0 Å². The van der Waals surface area contributed by atoms with E-state index in [2.05, 4.69) is 144 Å². The van der Waals surface area contributed by atoms with Gasteiger partial charge in [-0.3, -0.25) is 0 Å². The molecule has 0 saturated carbocycles. The van der Waals surface area contributed by atoms with Crippen molar-refractivity contribution in [3.05, 3.63) is 137 Å². The van der Waals surface area contributed by atoms with E-state index in [1.807, 2.05) is 0 Å². The Balaban J connectivity index is 1.43. The van der Waals surface area contributed by atoms with Crippen LogP contribution in [0.5, 0.6) is 0 Å². The van der Waals surface area contributed by atoms with Crippen molar-refractivity contribution < 1.29 is 0 Å². The van der Waals surface area contributed by atoms with Gasteiger partial charge in [0.1, 0.15) is 0 Å². The molecular weight excluding hydrogens is 585 g/mol. The van der Waals surface area contributed by atoms with Gasteiger partial charge in [-0.15, -0.1) is 0 Å². The van der Waals surface area contributed by atoms with Crippen LogP contribution in [0.15, 0.2) is 53.5 Å². The number of benzene rings is 4. The summed E-state index contributed by atoms with van der Waals surface area (Å²) >= 11 is 0. The van der Waals surface area contributed by atoms with Crippen molar-refractivity contribution in [1.29, 1.82) is 0 Å². The van der Waals surface area contributed by atoms with Gasteiger partial charge in [0.2, 0.25) is 0 Å². The SMILES string of the molecule is Cc1cc2c(cc1C)/C1=C/c3[nH]c(c4cc(C)c(C)cc34)/C=C3\NC(C=c4[nH]/c(c5cc(C)c(C)cc45)=C\C2=N1)c1cc(C)c(C)cc13. The van der Waals surface area contributed by atoms with Gasteiger partial charge in [-0.25, -0.2) is 4.99 Å². The predicted molar refractivity (Wildman–Crippen MR) is 204 cm³/mol. The summed E-state index contributed by atoms with van der Waals surface area (Å²) in [6, 6.07) is 18.7. The average molecular weight is 625 g/mol. The van der Waals surface area contributed by atoms with Gasteiger partial charge in [-0.2, -0.15) is 0 Å². The van der Waals surface area contributed by atoms with E-state index in [4.69, 9.17) is 4.99 Å². The van der Waals surface area contributed by atoms with Gasteiger partial charge in [0, 0.05) is 66.0 Å². The molecule has 6 aromatic rings. The molecule has 3 aliphatic heterocycles. The first kappa shape index (κ1) is 28.8. The predicted octanol–water partition coefficient (Wildman–Crippen LogP) is 8.83. The van der Waals surface area contributed by atoms with Crippen LogP contribution in [0.3, 0.4) is 0 Å². The number of hydrogen-bond acceptors (Lipinski definition) is 2. The number of rotatable bonds is 0. The molecule has 3 aliphatic rings. The van der Waals surface area contributed by atoms with E-state index in [9.17, 15) is 0 Å². The lowest BCUT2D eigenvalue weighted by Crippen LogP contribution is -2.17. The molecule has 9 rings (SSSR count). The Bertz CT molecular complexity index is 2660. The second-order valence-corrected chi connectivity index (χ2v) is 14.4. The molecule has 8 bridgehead atoms. The molecule has 3 N–H and O–H groups in total. The fourth-order valence-corrected chi connectivity index (χ4v) is 7.75. The molecule has 4 heteroatoms. The van der Waals surface area contributed by atoms with Crippen LogP contribution in [0.1, 0.15) is 84.2 Å². The minimum atomic E-state index is 0.0149. The van der Waals surface area contributed by atoms with Crippen LogP contribution in [0.25, 0.3) is 57.2 Å². The number of aromatic nitrogens is 2. The number of nitrogens with one attached hydrogen (secondary N) is 3. The molecule has 2 aromatic heterocycles. The van der Waals surface area contributed by atoms with E-state index in [1.54, 1.807) is 0 Å². The minimum Gasteiger partial charge on any atom is -0.374 e. The van der Waals surface area contributed by atoms with Gasteiger partial charge >= 0.3 is 0 Å². The number of aromatic amines is 2. The molecule has 4 nitrogen and oxygen atoms in total. The normalized spacial score (nSPS) is 19.0. The Kier molecular flexibility index (Phi) is 6.05. The molecule has 0 amide bonds. The maximum Gasteiger partial charge on any atom is 0.0737 e. The first-order valence-corrected chi connectivity index (χ1v) is 17.0. The van der Waals surface area contributed by atoms with Gasteiger partial charge < -0.3 is 15.3 Å². The van der Waals surface area contributed by atoms with Crippen LogP contribution in [0.4, 0.5) is 0 Å². The third kappa shape index (κ3) is 4.25. The van der Waals surface area contributed by atoms with Crippen LogP contribution in [-0.4, -0.2) is 15.7 Å². The highest BCUT2D eigenvalue weighted by atomic mass is 15.0. The standard InChI is InChI=1S/C44H40N4/c1-21-9-29-30(10-22(21)2)38-18-40-33-13-25(5)26(6)14-34(33)42(47-40)20-44-36-16-28(8)27(7)15-35(36)43(48-44)19-41-32-12-24(4)23(3)11-31(32)39(46-41)17-37(29)45-38/h9-20,37,45-47H,1-8H3/b38-18-,39-17?,41-19-,44-20-. The largest absolute Gasteiger partial charge is 0.374 e. The smallest absolute Gasteiger partial charge is 0.0737 e. The molecule has 0 fully saturated rings. The highest BCUT2D eigenvalue weighted by molar-refractivity contribution is 6.28. The van der Waals surface area contributed by atoms with Crippen LogP contribution < -0.4 is 16.0 Å². The second-order valence-electron chi connectivity index (χ2n) is 14.4. The van der Waals surface area contributed by atoms with E-state index in [0.717, 1.165) is 39.2 Å². The Morgan fingerprint density at radius 1 is 0.479 bits per heavy atom. The first-order chi connectivity index (χ1) is 23.0. The second kappa shape index (κ2) is 10.1. The van der Waals surface area contributed by atoms with Crippen LogP contribution in [0, 0.1) is 55.4 Å². The average Bonchev–Trinajstić information content (AvgIpc) is 3.74. The first-order valence-electron chi connectivity index (χ1n) is 17.0. The quantitative estimate of drug-likeness (QED) is 0.155. The topological polar surface area (TPSA) is 56.0 Å². The number of nitrogens with zero attached hydrogens (tertiary/aromatic N) is 1. The number of hydrogen-bond donors (Lipinski definition) is 3. The molecule has 4 aromatic carbocycles. The zero-order chi connectivity index (χ0) is 33.2. The molecule has 0 aliphatic carbocycles. The lowest BCUT2D eigenvalue weighted by atomic mass is 9.96. The number of aryl methyl sites for hydroxylation is 8. The van der Waals surface area contributed by atoms with Crippen molar-refractivity contribution >= 4 is 63.0 Å². The van der Waals surface area contributed by atoms with E-state index in [1.165, 1.54) is 88.3 Å². The van der Waals surface area contributed by atoms with Gasteiger partial charge in [0.15, 0.2) is 0 Å². The Morgan fingerprint density at radius 3 is 1.67 bits per heavy atom. The van der Waals surface area contributed by atoms with Crippen molar-refractivity contribution in [2.75, 3.05) is 0 Å². The summed E-state index contributed by atoms with van der Waals surface area (Å²) in [5.74, 6) is 0. The highest BCUT2D eigenvalue weighted by Crippen LogP contribution is 2.39. The van der Waals surface area contributed by atoms with E-state index < -0.39 is 0 Å². The molecule has 1 atom stereocenters. The lowest BCUT2D eigenvalue weighted by molar-refractivity contribution is 0.850. The molecule has 48 heavy (non-hydrogen) atoms. The lowest BCUT2D eigenvalue weighted by Gasteiger charge is -2.09. The molecule has 5 heterocycles. The van der Waals surface area contributed by atoms with Crippen LogP contribution in [0.2, 0.25) is 0 Å². The summed E-state index contributed by atoms with van der Waals surface area (Å²) in [5.41, 5.74) is 20.5. The Morgan fingerprint density at radius 2 is 1.00 bits per heavy atom. The summed E-state index contributed by atoms with van der Waals surface area (Å²) in [6.45, 7) is 17.6. The fourth-order valence-electron chi connectivity index (χ4n) is 7.75. The van der Waals surface area contributed by atoms with Crippen molar-refractivity contribution in [2.24, 2.45) is 4.99 Å². The summed E-state index contributed by atoms with van der Waals surface area (Å²) in [6.07, 6.45) is 9.21. The third-order valence-corrected chi connectivity index (χ3v) is 11.2. The van der Waals surface area contributed by atoms with Crippen molar-refractivity contribution in [3.8, 4) is 0 Å². The molecule has 0 radical (unpaired) electrons. The van der Waals surface area contributed by atoms with Gasteiger partial charge in [-0.05, 0) is 172 Å². The minimum absolute atomic E-state index is 0.0149. The summed E-state index contributed by atoms with van der Waals surface area (Å²) in [7, 11) is 0. The number of H-pyrrole nitrogens is 2. The van der Waals surface area contributed by atoms with Gasteiger partial charge in [0.25, 0.3) is 0 Å². The zero-order valence-electron chi connectivity index (χ0n) is 29.0. The third-order valence-electron chi connectivity index (χ3n) is 11.2. The van der Waals surface area contributed by atoms with Crippen molar-refractivity contribution in [2.45, 2.75) is 61.4 Å². The molecule has 236 valence electrons. The molecular formula is C44H40N4. The number of aliphatic imine (C=N–C) groups is 1. The number of fused-ring (bicyclic) bond motifs is 19. The van der Waals surface area contributed by atoms with Gasteiger partial charge in [0.05, 0.1) is 17.5 Å². The van der Waals surface area contributed by atoms with E-state index in [-0.39, 0.29) is 6.04 Å².